The van der Waals surface area contributed by atoms with Gasteiger partial charge in [0.25, 0.3) is 0 Å². The molecular formula is C16H27NO. The molecule has 2 heteroatoms. The first-order valence-corrected chi connectivity index (χ1v) is 6.83. The van der Waals surface area contributed by atoms with Crippen molar-refractivity contribution < 1.29 is 4.74 Å². The van der Waals surface area contributed by atoms with Gasteiger partial charge >= 0.3 is 0 Å². The van der Waals surface area contributed by atoms with Crippen LogP contribution in [0.5, 0.6) is 0 Å². The van der Waals surface area contributed by atoms with E-state index in [9.17, 15) is 0 Å². The lowest BCUT2D eigenvalue weighted by molar-refractivity contribution is 0.185. The van der Waals surface area contributed by atoms with E-state index in [0.29, 0.717) is 6.61 Å². The smallest absolute Gasteiger partial charge is 0.0713 e. The fourth-order valence-electron chi connectivity index (χ4n) is 1.96. The summed E-state index contributed by atoms with van der Waals surface area (Å²) < 4.78 is 5.15. The van der Waals surface area contributed by atoms with Crippen LogP contribution < -0.4 is 5.32 Å². The molecule has 0 spiro atoms. The second-order valence-corrected chi connectivity index (χ2v) is 5.89. The zero-order chi connectivity index (χ0) is 13.4. The van der Waals surface area contributed by atoms with E-state index >= 15 is 0 Å². The van der Waals surface area contributed by atoms with E-state index in [1.165, 1.54) is 24.0 Å². The molecule has 0 fully saturated rings. The van der Waals surface area contributed by atoms with Crippen LogP contribution in [-0.4, -0.2) is 19.2 Å². The Morgan fingerprint density at radius 2 is 1.83 bits per heavy atom. The lowest BCUT2D eigenvalue weighted by atomic mass is 10.0. The highest BCUT2D eigenvalue weighted by molar-refractivity contribution is 5.23. The average molecular weight is 249 g/mol. The number of hydrogen-bond acceptors (Lipinski definition) is 2. The fraction of sp³-hybridized carbons (Fsp3) is 0.625. The van der Waals surface area contributed by atoms with Gasteiger partial charge in [0.05, 0.1) is 6.61 Å². The van der Waals surface area contributed by atoms with E-state index < -0.39 is 0 Å². The van der Waals surface area contributed by atoms with Gasteiger partial charge in [0.15, 0.2) is 0 Å². The summed E-state index contributed by atoms with van der Waals surface area (Å²) in [6.45, 7) is 8.43. The second kappa shape index (κ2) is 7.55. The first-order valence-electron chi connectivity index (χ1n) is 6.83. The van der Waals surface area contributed by atoms with Crippen LogP contribution in [-0.2, 0) is 17.8 Å². The minimum atomic E-state index is 0.235. The molecule has 0 atom stereocenters. The van der Waals surface area contributed by atoms with Crippen molar-refractivity contribution >= 4 is 0 Å². The van der Waals surface area contributed by atoms with Crippen molar-refractivity contribution in [3.05, 3.63) is 35.4 Å². The Kier molecular flexibility index (Phi) is 6.37. The topological polar surface area (TPSA) is 21.3 Å². The molecule has 0 heterocycles. The summed E-state index contributed by atoms with van der Waals surface area (Å²) in [6.07, 6.45) is 3.62. The van der Waals surface area contributed by atoms with Gasteiger partial charge in [-0.05, 0) is 57.7 Å². The Labute approximate surface area is 112 Å². The summed E-state index contributed by atoms with van der Waals surface area (Å²) in [5.41, 5.74) is 2.92. The highest BCUT2D eigenvalue weighted by atomic mass is 16.5. The molecule has 0 bridgehead atoms. The summed E-state index contributed by atoms with van der Waals surface area (Å²) >= 11 is 0. The number of aryl methyl sites for hydroxylation is 1. The van der Waals surface area contributed by atoms with Crippen molar-refractivity contribution in [3.63, 3.8) is 0 Å². The van der Waals surface area contributed by atoms with Gasteiger partial charge in [-0.2, -0.15) is 0 Å². The zero-order valence-corrected chi connectivity index (χ0v) is 12.3. The maximum absolute atomic E-state index is 5.15. The molecule has 0 unspecified atom stereocenters. The van der Waals surface area contributed by atoms with Crippen molar-refractivity contribution in [2.24, 2.45) is 0 Å². The maximum Gasteiger partial charge on any atom is 0.0713 e. The van der Waals surface area contributed by atoms with Gasteiger partial charge in [0, 0.05) is 12.6 Å². The molecule has 0 radical (unpaired) electrons. The molecule has 0 aliphatic heterocycles. The first-order chi connectivity index (χ1) is 8.51. The van der Waals surface area contributed by atoms with Gasteiger partial charge in [-0.1, -0.05) is 24.3 Å². The van der Waals surface area contributed by atoms with E-state index in [4.69, 9.17) is 4.74 Å². The molecular weight excluding hydrogens is 222 g/mol. The largest absolute Gasteiger partial charge is 0.380 e. The molecule has 1 aromatic carbocycles. The number of unbranched alkanes of at least 4 members (excludes halogenated alkanes) is 1. The van der Waals surface area contributed by atoms with Gasteiger partial charge in [-0.3, -0.25) is 0 Å². The third-order valence-corrected chi connectivity index (χ3v) is 2.85. The molecule has 1 aromatic rings. The van der Waals surface area contributed by atoms with E-state index in [2.05, 4.69) is 50.4 Å². The lowest BCUT2D eigenvalue weighted by Crippen LogP contribution is -2.36. The van der Waals surface area contributed by atoms with Crippen LogP contribution in [0.2, 0.25) is 0 Å². The number of ether oxygens (including phenoxy) is 1. The van der Waals surface area contributed by atoms with Gasteiger partial charge in [0.2, 0.25) is 0 Å². The van der Waals surface area contributed by atoms with Crippen molar-refractivity contribution in [2.45, 2.75) is 52.2 Å². The Balaban J connectivity index is 2.24. The standard InChI is InChI=1S/C16H27NO/c1-16(2,3)17-11-6-5-8-14-9-7-10-15(12-14)13-18-4/h7,9-10,12,17H,5-6,8,11,13H2,1-4H3. The molecule has 18 heavy (non-hydrogen) atoms. The summed E-state index contributed by atoms with van der Waals surface area (Å²) in [5, 5.41) is 3.52. The highest BCUT2D eigenvalue weighted by Crippen LogP contribution is 2.09. The van der Waals surface area contributed by atoms with Gasteiger partial charge < -0.3 is 10.1 Å². The third kappa shape index (κ3) is 6.77. The molecule has 1 N–H and O–H groups in total. The fourth-order valence-corrected chi connectivity index (χ4v) is 1.96. The van der Waals surface area contributed by atoms with Crippen LogP contribution in [0, 0.1) is 0 Å². The van der Waals surface area contributed by atoms with E-state index in [1.807, 2.05) is 0 Å². The summed E-state index contributed by atoms with van der Waals surface area (Å²) in [4.78, 5) is 0. The second-order valence-electron chi connectivity index (χ2n) is 5.89. The van der Waals surface area contributed by atoms with Crippen molar-refractivity contribution in [1.82, 2.24) is 5.32 Å². The highest BCUT2D eigenvalue weighted by Gasteiger charge is 2.06. The van der Waals surface area contributed by atoms with Gasteiger partial charge in [0.1, 0.15) is 0 Å². The average Bonchev–Trinajstić information content (AvgIpc) is 2.28. The van der Waals surface area contributed by atoms with Crippen LogP contribution in [0.3, 0.4) is 0 Å². The predicted octanol–water partition coefficient (Wildman–Crippen LogP) is 3.54. The minimum Gasteiger partial charge on any atom is -0.380 e. The number of methoxy groups -OCH3 is 1. The Morgan fingerprint density at radius 1 is 1.11 bits per heavy atom. The monoisotopic (exact) mass is 249 g/mol. The Hall–Kier alpha value is -0.860. The maximum atomic E-state index is 5.15. The molecule has 0 saturated carbocycles. The molecule has 0 saturated heterocycles. The van der Waals surface area contributed by atoms with E-state index in [1.54, 1.807) is 7.11 Å². The first kappa shape index (κ1) is 15.2. The van der Waals surface area contributed by atoms with Crippen molar-refractivity contribution in [2.75, 3.05) is 13.7 Å². The number of benzene rings is 1. The summed E-state index contributed by atoms with van der Waals surface area (Å²) in [6, 6.07) is 8.70. The SMILES string of the molecule is COCc1cccc(CCCCNC(C)(C)C)c1. The molecule has 102 valence electrons. The van der Waals surface area contributed by atoms with E-state index in [-0.39, 0.29) is 5.54 Å². The summed E-state index contributed by atoms with van der Waals surface area (Å²) in [5.74, 6) is 0. The molecule has 0 aromatic heterocycles. The molecule has 0 aliphatic carbocycles. The van der Waals surface area contributed by atoms with E-state index in [0.717, 1.165) is 13.0 Å². The van der Waals surface area contributed by atoms with Gasteiger partial charge in [-0.25, -0.2) is 0 Å². The van der Waals surface area contributed by atoms with Crippen LogP contribution >= 0.6 is 0 Å². The normalized spacial score (nSPS) is 11.8. The number of rotatable bonds is 7. The molecule has 0 amide bonds. The van der Waals surface area contributed by atoms with Crippen LogP contribution in [0.1, 0.15) is 44.7 Å². The molecule has 2 nitrogen and oxygen atoms in total. The predicted molar refractivity (Wildman–Crippen MR) is 77.8 cm³/mol. The van der Waals surface area contributed by atoms with Crippen molar-refractivity contribution in [1.29, 1.82) is 0 Å². The summed E-state index contributed by atoms with van der Waals surface area (Å²) in [7, 11) is 1.74. The van der Waals surface area contributed by atoms with Crippen LogP contribution in [0.15, 0.2) is 24.3 Å². The lowest BCUT2D eigenvalue weighted by Gasteiger charge is -2.20. The number of nitrogens with one attached hydrogen (secondary N) is 1. The number of hydrogen-bond donors (Lipinski definition) is 1. The molecule has 0 aliphatic rings. The zero-order valence-electron chi connectivity index (χ0n) is 12.3. The third-order valence-electron chi connectivity index (χ3n) is 2.85. The molecule has 1 rings (SSSR count). The van der Waals surface area contributed by atoms with Crippen LogP contribution in [0.4, 0.5) is 0 Å². The Bertz CT molecular complexity index is 341. The quantitative estimate of drug-likeness (QED) is 0.746. The van der Waals surface area contributed by atoms with Crippen LogP contribution in [0.25, 0.3) is 0 Å². The Morgan fingerprint density at radius 3 is 2.50 bits per heavy atom. The van der Waals surface area contributed by atoms with Gasteiger partial charge in [-0.15, -0.1) is 0 Å². The van der Waals surface area contributed by atoms with Crippen molar-refractivity contribution in [3.8, 4) is 0 Å². The minimum absolute atomic E-state index is 0.235.